The van der Waals surface area contributed by atoms with E-state index in [0.29, 0.717) is 18.9 Å². The Balaban J connectivity index is 1.71. The van der Waals surface area contributed by atoms with Crippen molar-refractivity contribution in [3.63, 3.8) is 0 Å². The van der Waals surface area contributed by atoms with Gasteiger partial charge in [-0.05, 0) is 37.3 Å². The Hall–Kier alpha value is -1.75. The molecule has 22 heavy (non-hydrogen) atoms. The molecule has 0 bridgehead atoms. The van der Waals surface area contributed by atoms with Crippen LogP contribution in [0.4, 0.5) is 10.5 Å². The van der Waals surface area contributed by atoms with E-state index in [1.54, 1.807) is 0 Å². The maximum atomic E-state index is 11.9. The third kappa shape index (κ3) is 4.91. The van der Waals surface area contributed by atoms with Gasteiger partial charge in [-0.3, -0.25) is 0 Å². The number of hydrogen-bond acceptors (Lipinski definition) is 3. The van der Waals surface area contributed by atoms with Gasteiger partial charge in [0.2, 0.25) is 0 Å². The van der Waals surface area contributed by atoms with Crippen LogP contribution < -0.4 is 15.5 Å². The molecule has 0 aromatic heterocycles. The second-order valence-electron chi connectivity index (χ2n) is 5.91. The number of amides is 2. The van der Waals surface area contributed by atoms with Crippen LogP contribution in [0.15, 0.2) is 30.3 Å². The number of para-hydroxylation sites is 1. The van der Waals surface area contributed by atoms with Crippen molar-refractivity contribution < 1.29 is 9.90 Å². The van der Waals surface area contributed by atoms with Crippen LogP contribution in [0.1, 0.15) is 26.2 Å². The Labute approximate surface area is 132 Å². The normalized spacial score (nSPS) is 19.0. The summed E-state index contributed by atoms with van der Waals surface area (Å²) in [5.74, 6) is 0.490. The second kappa shape index (κ2) is 8.63. The number of nitrogens with one attached hydrogen (secondary N) is 2. The molecule has 0 spiro atoms. The second-order valence-corrected chi connectivity index (χ2v) is 5.91. The van der Waals surface area contributed by atoms with E-state index < -0.39 is 0 Å². The predicted octanol–water partition coefficient (Wildman–Crippen LogP) is 1.97. The van der Waals surface area contributed by atoms with Gasteiger partial charge in [0, 0.05) is 38.0 Å². The van der Waals surface area contributed by atoms with Crippen molar-refractivity contribution >= 4 is 11.7 Å². The van der Waals surface area contributed by atoms with E-state index in [4.69, 9.17) is 5.11 Å². The Morgan fingerprint density at radius 2 is 2.18 bits per heavy atom. The highest BCUT2D eigenvalue weighted by Gasteiger charge is 2.23. The minimum Gasteiger partial charge on any atom is -0.396 e. The number of urea groups is 1. The highest BCUT2D eigenvalue weighted by Crippen LogP contribution is 2.22. The summed E-state index contributed by atoms with van der Waals surface area (Å²) in [5, 5.41) is 14.8. The van der Waals surface area contributed by atoms with Crippen LogP contribution in [-0.2, 0) is 0 Å². The lowest BCUT2D eigenvalue weighted by Gasteiger charge is -2.19. The summed E-state index contributed by atoms with van der Waals surface area (Å²) in [6.45, 7) is 4.84. The van der Waals surface area contributed by atoms with Crippen LogP contribution in [0.5, 0.6) is 0 Å². The summed E-state index contributed by atoms with van der Waals surface area (Å²) < 4.78 is 0. The molecule has 5 nitrogen and oxygen atoms in total. The van der Waals surface area contributed by atoms with E-state index in [0.717, 1.165) is 25.9 Å². The van der Waals surface area contributed by atoms with Gasteiger partial charge in [0.25, 0.3) is 0 Å². The SMILES string of the molecule is CCC(CCO)NC(=O)NCC1CCN(c2ccccc2)C1. The fourth-order valence-electron chi connectivity index (χ4n) is 2.88. The molecule has 1 saturated heterocycles. The van der Waals surface area contributed by atoms with Crippen molar-refractivity contribution in [2.24, 2.45) is 5.92 Å². The molecule has 1 aromatic rings. The van der Waals surface area contributed by atoms with Gasteiger partial charge in [-0.2, -0.15) is 0 Å². The Morgan fingerprint density at radius 3 is 2.86 bits per heavy atom. The van der Waals surface area contributed by atoms with Crippen molar-refractivity contribution in [2.75, 3.05) is 31.1 Å². The van der Waals surface area contributed by atoms with Crippen molar-refractivity contribution in [1.29, 1.82) is 0 Å². The third-order valence-corrected chi connectivity index (χ3v) is 4.26. The fraction of sp³-hybridized carbons (Fsp3) is 0.588. The number of nitrogens with zero attached hydrogens (tertiary/aromatic N) is 1. The molecule has 1 aliphatic heterocycles. The van der Waals surface area contributed by atoms with Gasteiger partial charge in [-0.25, -0.2) is 4.79 Å². The zero-order chi connectivity index (χ0) is 15.8. The Bertz CT molecular complexity index is 452. The predicted molar refractivity (Wildman–Crippen MR) is 89.1 cm³/mol. The first kappa shape index (κ1) is 16.6. The van der Waals surface area contributed by atoms with Crippen molar-refractivity contribution in [1.82, 2.24) is 10.6 Å². The van der Waals surface area contributed by atoms with Crippen molar-refractivity contribution in [3.8, 4) is 0 Å². The van der Waals surface area contributed by atoms with E-state index in [-0.39, 0.29) is 18.7 Å². The number of carbonyl (C=O) groups excluding carboxylic acids is 1. The van der Waals surface area contributed by atoms with E-state index in [1.165, 1.54) is 5.69 Å². The van der Waals surface area contributed by atoms with Gasteiger partial charge in [-0.1, -0.05) is 25.1 Å². The molecule has 2 rings (SSSR count). The summed E-state index contributed by atoms with van der Waals surface area (Å²) in [6, 6.07) is 10.3. The molecule has 0 aliphatic carbocycles. The first-order valence-corrected chi connectivity index (χ1v) is 8.18. The average Bonchev–Trinajstić information content (AvgIpc) is 3.02. The lowest BCUT2D eigenvalue weighted by Crippen LogP contribution is -2.44. The molecule has 2 unspecified atom stereocenters. The molecule has 3 N–H and O–H groups in total. The zero-order valence-electron chi connectivity index (χ0n) is 13.3. The van der Waals surface area contributed by atoms with E-state index in [2.05, 4.69) is 39.8 Å². The molecule has 1 heterocycles. The van der Waals surface area contributed by atoms with Crippen LogP contribution in [-0.4, -0.2) is 43.4 Å². The van der Waals surface area contributed by atoms with Gasteiger partial charge < -0.3 is 20.6 Å². The molecule has 122 valence electrons. The number of hydrogen-bond donors (Lipinski definition) is 3. The summed E-state index contributed by atoms with van der Waals surface area (Å²) in [7, 11) is 0. The van der Waals surface area contributed by atoms with Crippen LogP contribution >= 0.6 is 0 Å². The quantitative estimate of drug-likeness (QED) is 0.721. The Morgan fingerprint density at radius 1 is 1.41 bits per heavy atom. The topological polar surface area (TPSA) is 64.6 Å². The smallest absolute Gasteiger partial charge is 0.315 e. The summed E-state index contributed by atoms with van der Waals surface area (Å²) in [6.07, 6.45) is 2.54. The number of aliphatic hydroxyl groups excluding tert-OH is 1. The highest BCUT2D eigenvalue weighted by atomic mass is 16.3. The molecule has 5 heteroatoms. The molecule has 1 aliphatic rings. The van der Waals surface area contributed by atoms with Crippen LogP contribution in [0.3, 0.4) is 0 Å². The van der Waals surface area contributed by atoms with Gasteiger partial charge in [0.15, 0.2) is 0 Å². The standard InChI is InChI=1S/C17H27N3O2/c1-2-15(9-11-21)19-17(22)18-12-14-8-10-20(13-14)16-6-4-3-5-7-16/h3-7,14-15,21H,2,8-13H2,1H3,(H2,18,19,22). The number of aliphatic hydroxyl groups is 1. The molecule has 2 amide bonds. The molecule has 0 radical (unpaired) electrons. The van der Waals surface area contributed by atoms with Crippen molar-refractivity contribution in [3.05, 3.63) is 30.3 Å². The first-order valence-electron chi connectivity index (χ1n) is 8.18. The van der Waals surface area contributed by atoms with E-state index in [9.17, 15) is 4.79 Å². The third-order valence-electron chi connectivity index (χ3n) is 4.26. The minimum absolute atomic E-state index is 0.0504. The van der Waals surface area contributed by atoms with Crippen LogP contribution in [0.25, 0.3) is 0 Å². The van der Waals surface area contributed by atoms with Gasteiger partial charge in [-0.15, -0.1) is 0 Å². The molecular weight excluding hydrogens is 278 g/mol. The summed E-state index contributed by atoms with van der Waals surface area (Å²) >= 11 is 0. The maximum Gasteiger partial charge on any atom is 0.315 e. The van der Waals surface area contributed by atoms with Gasteiger partial charge >= 0.3 is 6.03 Å². The number of rotatable bonds is 7. The molecule has 0 saturated carbocycles. The number of anilines is 1. The zero-order valence-corrected chi connectivity index (χ0v) is 13.3. The van der Waals surface area contributed by atoms with Gasteiger partial charge in [0.1, 0.15) is 0 Å². The molecule has 2 atom stereocenters. The summed E-state index contributed by atoms with van der Waals surface area (Å²) in [4.78, 5) is 14.2. The van der Waals surface area contributed by atoms with E-state index in [1.807, 2.05) is 13.0 Å². The first-order chi connectivity index (χ1) is 10.7. The summed E-state index contributed by atoms with van der Waals surface area (Å²) in [5.41, 5.74) is 1.25. The molecule has 1 aromatic carbocycles. The molecular formula is C17H27N3O2. The average molecular weight is 305 g/mol. The Kier molecular flexibility index (Phi) is 6.52. The number of carbonyl (C=O) groups is 1. The van der Waals surface area contributed by atoms with Gasteiger partial charge in [0.05, 0.1) is 0 Å². The fourth-order valence-corrected chi connectivity index (χ4v) is 2.88. The van der Waals surface area contributed by atoms with Crippen molar-refractivity contribution in [2.45, 2.75) is 32.2 Å². The highest BCUT2D eigenvalue weighted by molar-refractivity contribution is 5.74. The van der Waals surface area contributed by atoms with E-state index >= 15 is 0 Å². The van der Waals surface area contributed by atoms with Crippen LogP contribution in [0, 0.1) is 5.92 Å². The monoisotopic (exact) mass is 305 g/mol. The lowest BCUT2D eigenvalue weighted by atomic mass is 10.1. The maximum absolute atomic E-state index is 11.9. The minimum atomic E-state index is -0.126. The lowest BCUT2D eigenvalue weighted by molar-refractivity contribution is 0.226. The molecule has 1 fully saturated rings. The largest absolute Gasteiger partial charge is 0.396 e. The van der Waals surface area contributed by atoms with Crippen LogP contribution in [0.2, 0.25) is 0 Å². The number of benzene rings is 1.